The lowest BCUT2D eigenvalue weighted by Gasteiger charge is -2.38. The number of allylic oxidation sites excluding steroid dienone is 4. The van der Waals surface area contributed by atoms with Crippen molar-refractivity contribution in [1.29, 1.82) is 0 Å². The van der Waals surface area contributed by atoms with Crippen LogP contribution in [0.25, 0.3) is 5.57 Å². The number of hydrogen-bond acceptors (Lipinski definition) is 1. The zero-order chi connectivity index (χ0) is 17.1. The maximum Gasteiger partial charge on any atom is 0.250 e. The lowest BCUT2D eigenvalue weighted by Crippen LogP contribution is -2.40. The summed E-state index contributed by atoms with van der Waals surface area (Å²) >= 11 is 0. The Kier molecular flexibility index (Phi) is 5.56. The average Bonchev–Trinajstić information content (AvgIpc) is 2.46. The maximum atomic E-state index is 6.65. The van der Waals surface area contributed by atoms with Crippen LogP contribution in [0.4, 0.5) is 0 Å². The van der Waals surface area contributed by atoms with Crippen LogP contribution in [0.15, 0.2) is 47.7 Å². The molecule has 0 atom stereocenters. The highest BCUT2D eigenvalue weighted by molar-refractivity contribution is 6.74. The van der Waals surface area contributed by atoms with Gasteiger partial charge in [0.05, 0.1) is 5.76 Å². The van der Waals surface area contributed by atoms with Gasteiger partial charge in [-0.1, -0.05) is 57.2 Å². The van der Waals surface area contributed by atoms with E-state index in [0.29, 0.717) is 0 Å². The fraction of sp³-hybridized carbons (Fsp3) is 0.524. The molecule has 0 saturated heterocycles. The van der Waals surface area contributed by atoms with E-state index < -0.39 is 8.32 Å². The van der Waals surface area contributed by atoms with Gasteiger partial charge in [-0.15, -0.1) is 0 Å². The van der Waals surface area contributed by atoms with Gasteiger partial charge in [0, 0.05) is 6.42 Å². The van der Waals surface area contributed by atoms with Crippen molar-refractivity contribution in [1.82, 2.24) is 0 Å². The Morgan fingerprint density at radius 2 is 1.57 bits per heavy atom. The van der Waals surface area contributed by atoms with Crippen LogP contribution in [0.1, 0.15) is 58.9 Å². The van der Waals surface area contributed by atoms with Gasteiger partial charge in [0.2, 0.25) is 8.32 Å². The molecule has 23 heavy (non-hydrogen) atoms. The molecule has 1 aromatic rings. The number of rotatable bonds is 3. The molecule has 0 heterocycles. The van der Waals surface area contributed by atoms with Gasteiger partial charge in [-0.25, -0.2) is 0 Å². The van der Waals surface area contributed by atoms with E-state index in [2.05, 4.69) is 77.2 Å². The van der Waals surface area contributed by atoms with Gasteiger partial charge in [-0.05, 0) is 61.0 Å². The smallest absolute Gasteiger partial charge is 0.250 e. The normalized spacial score (nSPS) is 22.8. The van der Waals surface area contributed by atoms with Gasteiger partial charge < -0.3 is 4.43 Å². The molecular formula is C21H32OSi. The van der Waals surface area contributed by atoms with Crippen LogP contribution >= 0.6 is 0 Å². The molecule has 2 heteroatoms. The van der Waals surface area contributed by atoms with E-state index in [1.807, 2.05) is 0 Å². The van der Waals surface area contributed by atoms with E-state index in [-0.39, 0.29) is 5.04 Å². The molecule has 126 valence electrons. The van der Waals surface area contributed by atoms with E-state index in [0.717, 1.165) is 12.8 Å². The first-order valence-electron chi connectivity index (χ1n) is 8.85. The van der Waals surface area contributed by atoms with Crippen LogP contribution in [0, 0.1) is 0 Å². The third kappa shape index (κ3) is 4.60. The largest absolute Gasteiger partial charge is 0.546 e. The molecule has 0 aromatic heterocycles. The van der Waals surface area contributed by atoms with Crippen molar-refractivity contribution in [3.63, 3.8) is 0 Å². The summed E-state index contributed by atoms with van der Waals surface area (Å²) in [5.74, 6) is 1.23. The minimum atomic E-state index is -1.76. The van der Waals surface area contributed by atoms with E-state index in [9.17, 15) is 0 Å². The summed E-state index contributed by atoms with van der Waals surface area (Å²) in [5.41, 5.74) is 4.10. The molecule has 2 rings (SSSR count). The van der Waals surface area contributed by atoms with Gasteiger partial charge in [0.15, 0.2) is 0 Å². The fourth-order valence-electron chi connectivity index (χ4n) is 2.68. The van der Waals surface area contributed by atoms with Crippen LogP contribution in [0.3, 0.4) is 0 Å². The molecule has 0 unspecified atom stereocenters. The van der Waals surface area contributed by atoms with Crippen molar-refractivity contribution in [2.75, 3.05) is 0 Å². The lowest BCUT2D eigenvalue weighted by atomic mass is 9.94. The Morgan fingerprint density at radius 1 is 0.957 bits per heavy atom. The second-order valence-corrected chi connectivity index (χ2v) is 12.9. The Hall–Kier alpha value is -1.28. The highest BCUT2D eigenvalue weighted by Gasteiger charge is 2.39. The first kappa shape index (κ1) is 18.1. The van der Waals surface area contributed by atoms with Crippen LogP contribution in [0.5, 0.6) is 0 Å². The molecular weight excluding hydrogens is 296 g/mol. The minimum Gasteiger partial charge on any atom is -0.546 e. The second kappa shape index (κ2) is 7.08. The number of benzene rings is 1. The molecule has 1 aliphatic rings. The first-order chi connectivity index (χ1) is 10.7. The van der Waals surface area contributed by atoms with Crippen LogP contribution in [-0.4, -0.2) is 8.32 Å². The number of hydrogen-bond donors (Lipinski definition) is 0. The van der Waals surface area contributed by atoms with E-state index >= 15 is 0 Å². The van der Waals surface area contributed by atoms with E-state index in [4.69, 9.17) is 4.43 Å². The molecule has 0 fully saturated rings. The quantitative estimate of drug-likeness (QED) is 0.546. The Balaban J connectivity index is 2.33. The van der Waals surface area contributed by atoms with Crippen LogP contribution in [-0.2, 0) is 4.43 Å². The van der Waals surface area contributed by atoms with Crippen molar-refractivity contribution < 1.29 is 4.43 Å². The summed E-state index contributed by atoms with van der Waals surface area (Å²) in [6.45, 7) is 13.8. The third-order valence-corrected chi connectivity index (χ3v) is 9.63. The summed E-state index contributed by atoms with van der Waals surface area (Å²) in [6.07, 6.45) is 7.05. The molecule has 0 N–H and O–H groups in total. The van der Waals surface area contributed by atoms with Crippen LogP contribution in [0.2, 0.25) is 18.1 Å². The van der Waals surface area contributed by atoms with E-state index in [1.165, 1.54) is 35.3 Å². The topological polar surface area (TPSA) is 9.23 Å². The van der Waals surface area contributed by atoms with Gasteiger partial charge in [0.25, 0.3) is 0 Å². The highest BCUT2D eigenvalue weighted by Crippen LogP contribution is 2.40. The Morgan fingerprint density at radius 3 is 2.17 bits per heavy atom. The molecule has 0 spiro atoms. The van der Waals surface area contributed by atoms with Gasteiger partial charge in [0.1, 0.15) is 0 Å². The average molecular weight is 329 g/mol. The molecule has 0 bridgehead atoms. The lowest BCUT2D eigenvalue weighted by molar-refractivity contribution is 0.357. The molecule has 1 nitrogen and oxygen atoms in total. The van der Waals surface area contributed by atoms with Crippen LogP contribution < -0.4 is 0 Å². The summed E-state index contributed by atoms with van der Waals surface area (Å²) < 4.78 is 6.65. The molecule has 1 aromatic carbocycles. The van der Waals surface area contributed by atoms with Crippen molar-refractivity contribution in [2.24, 2.45) is 0 Å². The van der Waals surface area contributed by atoms with Gasteiger partial charge in [-0.2, -0.15) is 0 Å². The van der Waals surface area contributed by atoms with E-state index in [1.54, 1.807) is 0 Å². The van der Waals surface area contributed by atoms with Crippen molar-refractivity contribution >= 4 is 13.9 Å². The first-order valence-corrected chi connectivity index (χ1v) is 11.8. The molecule has 0 radical (unpaired) electrons. The molecule has 1 aliphatic carbocycles. The second-order valence-electron chi connectivity index (χ2n) is 8.21. The fourth-order valence-corrected chi connectivity index (χ4v) is 3.87. The van der Waals surface area contributed by atoms with Crippen molar-refractivity contribution in [3.8, 4) is 0 Å². The zero-order valence-corrected chi connectivity index (χ0v) is 16.7. The summed E-state index contributed by atoms with van der Waals surface area (Å²) in [4.78, 5) is 0. The Labute approximate surface area is 143 Å². The highest BCUT2D eigenvalue weighted by atomic mass is 28.4. The SMILES string of the molecule is CC1=C(\O[Si](C)(C)C(C)(C)C)CCCC/C(c2ccccc2)=C\1. The molecule has 0 saturated carbocycles. The Bertz CT molecular complexity index is 588. The molecule has 0 amide bonds. The standard InChI is InChI=1S/C21H32OSi/c1-17-16-19(18-12-8-7-9-13-18)14-10-11-15-20(17)22-23(5,6)21(2,3)4/h7-9,12-13,16H,10-11,14-15H2,1-6H3/b19-16+,20-17+. The predicted molar refractivity (Wildman–Crippen MR) is 104 cm³/mol. The molecule has 0 aliphatic heterocycles. The van der Waals surface area contributed by atoms with Crippen molar-refractivity contribution in [2.45, 2.75) is 71.5 Å². The van der Waals surface area contributed by atoms with Crippen molar-refractivity contribution in [3.05, 3.63) is 53.3 Å². The zero-order valence-electron chi connectivity index (χ0n) is 15.7. The third-order valence-electron chi connectivity index (χ3n) is 5.26. The maximum absolute atomic E-state index is 6.65. The minimum absolute atomic E-state index is 0.245. The predicted octanol–water partition coefficient (Wildman–Crippen LogP) is 6.94. The van der Waals surface area contributed by atoms with Gasteiger partial charge >= 0.3 is 0 Å². The van der Waals surface area contributed by atoms with Gasteiger partial charge in [-0.3, -0.25) is 0 Å². The summed E-state index contributed by atoms with van der Waals surface area (Å²) in [5, 5.41) is 0.245. The summed E-state index contributed by atoms with van der Waals surface area (Å²) in [6, 6.07) is 10.8. The summed E-state index contributed by atoms with van der Waals surface area (Å²) in [7, 11) is -1.76. The monoisotopic (exact) mass is 328 g/mol.